The number of esters is 2. The van der Waals surface area contributed by atoms with E-state index in [1.54, 1.807) is 13.8 Å². The largest absolute Gasteiger partial charge is 0.465 e. The van der Waals surface area contributed by atoms with Gasteiger partial charge in [0.15, 0.2) is 5.92 Å². The Morgan fingerprint density at radius 3 is 1.52 bits per heavy atom. The molecule has 0 saturated heterocycles. The molecule has 0 aliphatic carbocycles. The molecule has 4 nitrogen and oxygen atoms in total. The van der Waals surface area contributed by atoms with Crippen LogP contribution in [0.15, 0.2) is 0 Å². The van der Waals surface area contributed by atoms with Crippen molar-refractivity contribution in [3.8, 4) is 0 Å². The van der Waals surface area contributed by atoms with Crippen LogP contribution >= 0.6 is 0 Å². The number of ether oxygens (including phenoxy) is 2. The molecule has 0 aliphatic heterocycles. The quantitative estimate of drug-likeness (QED) is 0.425. The molecule has 0 unspecified atom stereocenters. The molecule has 0 radical (unpaired) electrons. The van der Waals surface area contributed by atoms with E-state index < -0.39 is 17.9 Å². The lowest BCUT2D eigenvalue weighted by molar-refractivity contribution is -0.168. The Balaban J connectivity index is 5.31. The van der Waals surface area contributed by atoms with Crippen LogP contribution in [0.4, 0.5) is 0 Å². The zero-order valence-corrected chi connectivity index (χ0v) is 14.4. The first-order valence-electron chi connectivity index (χ1n) is 8.30. The standard InChI is InChI=1S/C17H32O4/c1-6-10-12-17(5,13-11-7-2)14(15(18)20-8-3)16(19)21-9-4/h14H,6-13H2,1-5H3. The van der Waals surface area contributed by atoms with Crippen molar-refractivity contribution in [1.82, 2.24) is 0 Å². The number of hydrogen-bond donors (Lipinski definition) is 0. The lowest BCUT2D eigenvalue weighted by Gasteiger charge is -2.35. The third kappa shape index (κ3) is 6.49. The van der Waals surface area contributed by atoms with Crippen molar-refractivity contribution in [3.05, 3.63) is 0 Å². The molecule has 0 amide bonds. The molecule has 0 spiro atoms. The Kier molecular flexibility index (Phi) is 10.1. The summed E-state index contributed by atoms with van der Waals surface area (Å²) in [6.07, 6.45) is 5.75. The van der Waals surface area contributed by atoms with E-state index in [0.717, 1.165) is 38.5 Å². The van der Waals surface area contributed by atoms with Crippen LogP contribution in [0.5, 0.6) is 0 Å². The molecular weight excluding hydrogens is 268 g/mol. The summed E-state index contributed by atoms with van der Waals surface area (Å²) in [7, 11) is 0. The monoisotopic (exact) mass is 300 g/mol. The van der Waals surface area contributed by atoms with Gasteiger partial charge in [-0.05, 0) is 32.1 Å². The first-order valence-corrected chi connectivity index (χ1v) is 8.30. The summed E-state index contributed by atoms with van der Waals surface area (Å²) in [4.78, 5) is 24.6. The second-order valence-electron chi connectivity index (χ2n) is 5.80. The first-order chi connectivity index (χ1) is 9.96. The van der Waals surface area contributed by atoms with E-state index in [-0.39, 0.29) is 18.6 Å². The van der Waals surface area contributed by atoms with Gasteiger partial charge in [0, 0.05) is 0 Å². The molecule has 0 aliphatic rings. The SMILES string of the molecule is CCCCC(C)(CCCC)C(C(=O)OCC)C(=O)OCC. The summed E-state index contributed by atoms with van der Waals surface area (Å²) in [6, 6.07) is 0. The van der Waals surface area contributed by atoms with Crippen LogP contribution in [-0.4, -0.2) is 25.2 Å². The summed E-state index contributed by atoms with van der Waals surface area (Å²) >= 11 is 0. The van der Waals surface area contributed by atoms with Crippen LogP contribution in [0, 0.1) is 11.3 Å². The van der Waals surface area contributed by atoms with E-state index in [2.05, 4.69) is 13.8 Å². The van der Waals surface area contributed by atoms with Crippen LogP contribution < -0.4 is 0 Å². The summed E-state index contributed by atoms with van der Waals surface area (Å²) < 4.78 is 10.3. The predicted molar refractivity (Wildman–Crippen MR) is 83.9 cm³/mol. The van der Waals surface area contributed by atoms with Crippen LogP contribution in [-0.2, 0) is 19.1 Å². The van der Waals surface area contributed by atoms with Gasteiger partial charge in [0.05, 0.1) is 13.2 Å². The summed E-state index contributed by atoms with van der Waals surface area (Å²) in [5, 5.41) is 0. The van der Waals surface area contributed by atoms with Gasteiger partial charge in [-0.3, -0.25) is 9.59 Å². The Hall–Kier alpha value is -1.06. The Morgan fingerprint density at radius 1 is 0.857 bits per heavy atom. The number of rotatable bonds is 11. The number of unbranched alkanes of at least 4 members (excludes halogenated alkanes) is 2. The van der Waals surface area contributed by atoms with Gasteiger partial charge in [0.1, 0.15) is 0 Å². The van der Waals surface area contributed by atoms with E-state index in [4.69, 9.17) is 9.47 Å². The minimum absolute atomic E-state index is 0.284. The van der Waals surface area contributed by atoms with Crippen molar-refractivity contribution in [2.45, 2.75) is 73.1 Å². The average molecular weight is 300 g/mol. The van der Waals surface area contributed by atoms with E-state index in [9.17, 15) is 9.59 Å². The second-order valence-corrected chi connectivity index (χ2v) is 5.80. The fraction of sp³-hybridized carbons (Fsp3) is 0.882. The molecular formula is C17H32O4. The van der Waals surface area contributed by atoms with Gasteiger partial charge in [0.2, 0.25) is 0 Å². The minimum atomic E-state index is -0.810. The molecule has 0 aromatic heterocycles. The topological polar surface area (TPSA) is 52.6 Å². The zero-order valence-electron chi connectivity index (χ0n) is 14.4. The van der Waals surface area contributed by atoms with Gasteiger partial charge in [-0.2, -0.15) is 0 Å². The van der Waals surface area contributed by atoms with Crippen molar-refractivity contribution in [2.75, 3.05) is 13.2 Å². The molecule has 0 fully saturated rings. The van der Waals surface area contributed by atoms with Crippen LogP contribution in [0.25, 0.3) is 0 Å². The van der Waals surface area contributed by atoms with E-state index in [0.29, 0.717) is 0 Å². The van der Waals surface area contributed by atoms with Gasteiger partial charge >= 0.3 is 11.9 Å². The van der Waals surface area contributed by atoms with E-state index >= 15 is 0 Å². The summed E-state index contributed by atoms with van der Waals surface area (Å²) in [5.41, 5.74) is -0.384. The third-order valence-electron chi connectivity index (χ3n) is 3.94. The molecule has 0 bridgehead atoms. The maximum absolute atomic E-state index is 12.3. The smallest absolute Gasteiger partial charge is 0.320 e. The highest BCUT2D eigenvalue weighted by atomic mass is 16.6. The van der Waals surface area contributed by atoms with Crippen molar-refractivity contribution in [1.29, 1.82) is 0 Å². The molecule has 0 atom stereocenters. The Bertz CT molecular complexity index is 286. The molecule has 0 N–H and O–H groups in total. The molecule has 0 saturated carbocycles. The van der Waals surface area contributed by atoms with E-state index in [1.807, 2.05) is 6.92 Å². The Labute approximate surface area is 129 Å². The number of carbonyl (C=O) groups excluding carboxylic acids is 2. The van der Waals surface area contributed by atoms with Crippen molar-refractivity contribution in [2.24, 2.45) is 11.3 Å². The fourth-order valence-corrected chi connectivity index (χ4v) is 2.69. The lowest BCUT2D eigenvalue weighted by Crippen LogP contribution is -2.41. The molecule has 4 heteroatoms. The zero-order chi connectivity index (χ0) is 16.3. The van der Waals surface area contributed by atoms with Crippen molar-refractivity contribution in [3.63, 3.8) is 0 Å². The second kappa shape index (κ2) is 10.6. The Morgan fingerprint density at radius 2 is 1.24 bits per heavy atom. The van der Waals surface area contributed by atoms with Crippen molar-refractivity contribution < 1.29 is 19.1 Å². The van der Waals surface area contributed by atoms with Gasteiger partial charge < -0.3 is 9.47 Å². The molecule has 124 valence electrons. The normalized spacial score (nSPS) is 11.5. The van der Waals surface area contributed by atoms with Crippen LogP contribution in [0.2, 0.25) is 0 Å². The highest BCUT2D eigenvalue weighted by molar-refractivity contribution is 5.95. The van der Waals surface area contributed by atoms with Gasteiger partial charge in [-0.25, -0.2) is 0 Å². The maximum Gasteiger partial charge on any atom is 0.320 e. The molecule has 0 aromatic rings. The maximum atomic E-state index is 12.3. The first kappa shape index (κ1) is 19.9. The highest BCUT2D eigenvalue weighted by Gasteiger charge is 2.45. The van der Waals surface area contributed by atoms with Gasteiger partial charge in [-0.15, -0.1) is 0 Å². The van der Waals surface area contributed by atoms with Crippen LogP contribution in [0.1, 0.15) is 73.1 Å². The molecule has 0 rings (SSSR count). The van der Waals surface area contributed by atoms with E-state index in [1.165, 1.54) is 0 Å². The molecule has 21 heavy (non-hydrogen) atoms. The third-order valence-corrected chi connectivity index (χ3v) is 3.94. The van der Waals surface area contributed by atoms with Crippen molar-refractivity contribution >= 4 is 11.9 Å². The summed E-state index contributed by atoms with van der Waals surface area (Å²) in [5.74, 6) is -1.69. The minimum Gasteiger partial charge on any atom is -0.465 e. The van der Waals surface area contributed by atoms with Gasteiger partial charge in [-0.1, -0.05) is 46.5 Å². The average Bonchev–Trinajstić information content (AvgIpc) is 2.44. The van der Waals surface area contributed by atoms with Gasteiger partial charge in [0.25, 0.3) is 0 Å². The molecule has 0 aromatic carbocycles. The lowest BCUT2D eigenvalue weighted by atomic mass is 9.70. The number of hydrogen-bond acceptors (Lipinski definition) is 4. The number of carbonyl (C=O) groups is 2. The fourth-order valence-electron chi connectivity index (χ4n) is 2.69. The van der Waals surface area contributed by atoms with Crippen LogP contribution in [0.3, 0.4) is 0 Å². The predicted octanol–water partition coefficient (Wildman–Crippen LogP) is 4.12. The summed E-state index contributed by atoms with van der Waals surface area (Å²) in [6.45, 7) is 10.3. The molecule has 0 heterocycles. The highest BCUT2D eigenvalue weighted by Crippen LogP contribution is 2.40.